The monoisotopic (exact) mass is 402 g/mol. The molecule has 0 aliphatic carbocycles. The number of aryl methyl sites for hydroxylation is 2. The Kier molecular flexibility index (Phi) is 6.96. The summed E-state index contributed by atoms with van der Waals surface area (Å²) in [6.07, 6.45) is 1.31. The Bertz CT molecular complexity index is 984. The first kappa shape index (κ1) is 21.6. The van der Waals surface area contributed by atoms with Gasteiger partial charge in [-0.2, -0.15) is 0 Å². The summed E-state index contributed by atoms with van der Waals surface area (Å²) >= 11 is 0. The van der Waals surface area contributed by atoms with Crippen LogP contribution in [-0.2, 0) is 14.8 Å². The molecule has 1 amide bonds. The molecule has 2 aromatic carbocycles. The van der Waals surface area contributed by atoms with E-state index in [1.807, 2.05) is 32.9 Å². The van der Waals surface area contributed by atoms with Gasteiger partial charge < -0.3 is 5.32 Å². The van der Waals surface area contributed by atoms with Gasteiger partial charge in [0.05, 0.1) is 12.3 Å². The summed E-state index contributed by atoms with van der Waals surface area (Å²) in [5.74, 6) is -0.295. The Balaban J connectivity index is 1.92. The molecule has 0 heterocycles. The summed E-state index contributed by atoms with van der Waals surface area (Å²) in [6.45, 7) is 5.74. The standard InChI is InChI=1S/C21H26N2O4S/c1-14-8-9-18(12-15(14)2)20(24)10-11-21(25)22-16(3)17-6-5-7-19(13-17)23-28(4,26)27/h5-9,12-13,16,23H,10-11H2,1-4H3,(H,22,25). The smallest absolute Gasteiger partial charge is 0.229 e. The highest BCUT2D eigenvalue weighted by Crippen LogP contribution is 2.18. The van der Waals surface area contributed by atoms with Gasteiger partial charge in [-0.25, -0.2) is 8.42 Å². The van der Waals surface area contributed by atoms with Crippen molar-refractivity contribution in [1.29, 1.82) is 0 Å². The van der Waals surface area contributed by atoms with Crippen LogP contribution in [0, 0.1) is 13.8 Å². The predicted molar refractivity (Wildman–Crippen MR) is 111 cm³/mol. The molecular weight excluding hydrogens is 376 g/mol. The summed E-state index contributed by atoms with van der Waals surface area (Å²) in [7, 11) is -3.37. The number of carbonyl (C=O) groups is 2. The van der Waals surface area contributed by atoms with Crippen molar-refractivity contribution < 1.29 is 18.0 Å². The van der Waals surface area contributed by atoms with Crippen molar-refractivity contribution in [2.75, 3.05) is 11.0 Å². The molecule has 7 heteroatoms. The van der Waals surface area contributed by atoms with Gasteiger partial charge in [0.2, 0.25) is 15.9 Å². The van der Waals surface area contributed by atoms with Crippen molar-refractivity contribution in [3.05, 3.63) is 64.7 Å². The van der Waals surface area contributed by atoms with E-state index in [-0.39, 0.29) is 30.6 Å². The van der Waals surface area contributed by atoms with Gasteiger partial charge in [-0.3, -0.25) is 14.3 Å². The molecule has 0 aromatic heterocycles. The van der Waals surface area contributed by atoms with E-state index >= 15 is 0 Å². The zero-order valence-electron chi connectivity index (χ0n) is 16.6. The van der Waals surface area contributed by atoms with E-state index in [0.717, 1.165) is 22.9 Å². The van der Waals surface area contributed by atoms with Gasteiger partial charge in [-0.1, -0.05) is 24.3 Å². The number of nitrogens with one attached hydrogen (secondary N) is 2. The highest BCUT2D eigenvalue weighted by atomic mass is 32.2. The third kappa shape index (κ3) is 6.49. The van der Waals surface area contributed by atoms with E-state index in [9.17, 15) is 18.0 Å². The van der Waals surface area contributed by atoms with Crippen LogP contribution in [-0.4, -0.2) is 26.4 Å². The van der Waals surface area contributed by atoms with Gasteiger partial charge in [-0.15, -0.1) is 0 Å². The fraction of sp³-hybridized carbons (Fsp3) is 0.333. The summed E-state index contributed by atoms with van der Waals surface area (Å²) in [5, 5.41) is 2.85. The minimum absolute atomic E-state index is 0.0646. The fourth-order valence-electron chi connectivity index (χ4n) is 2.77. The zero-order chi connectivity index (χ0) is 20.9. The molecule has 0 fully saturated rings. The van der Waals surface area contributed by atoms with Gasteiger partial charge in [-0.05, 0) is 55.7 Å². The van der Waals surface area contributed by atoms with Gasteiger partial charge in [0.1, 0.15) is 0 Å². The van der Waals surface area contributed by atoms with E-state index in [0.29, 0.717) is 11.3 Å². The maximum atomic E-state index is 12.3. The maximum Gasteiger partial charge on any atom is 0.229 e. The molecular formula is C21H26N2O4S. The number of hydrogen-bond donors (Lipinski definition) is 2. The first-order valence-corrected chi connectivity index (χ1v) is 10.9. The minimum atomic E-state index is -3.37. The number of carbonyl (C=O) groups excluding carboxylic acids is 2. The highest BCUT2D eigenvalue weighted by Gasteiger charge is 2.14. The van der Waals surface area contributed by atoms with Crippen LogP contribution in [0.1, 0.15) is 52.9 Å². The Hall–Kier alpha value is -2.67. The molecule has 1 atom stereocenters. The topological polar surface area (TPSA) is 92.3 Å². The number of ketones is 1. The van der Waals surface area contributed by atoms with Gasteiger partial charge >= 0.3 is 0 Å². The van der Waals surface area contributed by atoms with Crippen LogP contribution in [0.3, 0.4) is 0 Å². The lowest BCUT2D eigenvalue weighted by Crippen LogP contribution is -2.27. The first-order chi connectivity index (χ1) is 13.0. The van der Waals surface area contributed by atoms with Crippen molar-refractivity contribution in [1.82, 2.24) is 5.32 Å². The Morgan fingerprint density at radius 1 is 1.00 bits per heavy atom. The largest absolute Gasteiger partial charge is 0.350 e. The molecule has 2 aromatic rings. The molecule has 0 spiro atoms. The Morgan fingerprint density at radius 3 is 2.36 bits per heavy atom. The lowest BCUT2D eigenvalue weighted by atomic mass is 10.0. The van der Waals surface area contributed by atoms with Crippen molar-refractivity contribution in [3.8, 4) is 0 Å². The first-order valence-electron chi connectivity index (χ1n) is 9.03. The molecule has 0 saturated heterocycles. The number of amides is 1. The zero-order valence-corrected chi connectivity index (χ0v) is 17.4. The molecule has 0 radical (unpaired) electrons. The summed E-state index contributed by atoms with van der Waals surface area (Å²) < 4.78 is 25.1. The molecule has 0 saturated carbocycles. The van der Waals surface area contributed by atoms with E-state index in [4.69, 9.17) is 0 Å². The van der Waals surface area contributed by atoms with Crippen molar-refractivity contribution in [2.45, 2.75) is 39.7 Å². The van der Waals surface area contributed by atoms with Crippen molar-refractivity contribution in [2.24, 2.45) is 0 Å². The van der Waals surface area contributed by atoms with E-state index in [2.05, 4.69) is 10.0 Å². The molecule has 6 nitrogen and oxygen atoms in total. The number of Topliss-reactive ketones (excluding diaryl/α,β-unsaturated/α-hetero) is 1. The summed E-state index contributed by atoms with van der Waals surface area (Å²) in [6, 6.07) is 12.1. The van der Waals surface area contributed by atoms with Crippen LogP contribution in [0.2, 0.25) is 0 Å². The number of rotatable bonds is 8. The molecule has 28 heavy (non-hydrogen) atoms. The number of anilines is 1. The molecule has 150 valence electrons. The molecule has 2 N–H and O–H groups in total. The second kappa shape index (κ2) is 9.01. The van der Waals surface area contributed by atoms with Crippen molar-refractivity contribution >= 4 is 27.4 Å². The van der Waals surface area contributed by atoms with Gasteiger partial charge in [0, 0.05) is 24.1 Å². The van der Waals surface area contributed by atoms with Gasteiger partial charge in [0.25, 0.3) is 0 Å². The average Bonchev–Trinajstić information content (AvgIpc) is 2.60. The number of hydrogen-bond acceptors (Lipinski definition) is 4. The van der Waals surface area contributed by atoms with E-state index < -0.39 is 10.0 Å². The number of benzene rings is 2. The normalized spacial score (nSPS) is 12.3. The molecule has 0 aliphatic rings. The third-order valence-electron chi connectivity index (χ3n) is 4.48. The summed E-state index contributed by atoms with van der Waals surface area (Å²) in [5.41, 5.74) is 3.99. The van der Waals surface area contributed by atoms with E-state index in [1.54, 1.807) is 30.3 Å². The van der Waals surface area contributed by atoms with Crippen LogP contribution in [0.15, 0.2) is 42.5 Å². The van der Waals surface area contributed by atoms with E-state index in [1.165, 1.54) is 0 Å². The minimum Gasteiger partial charge on any atom is -0.350 e. The fourth-order valence-corrected chi connectivity index (χ4v) is 3.32. The van der Waals surface area contributed by atoms with Crippen LogP contribution < -0.4 is 10.0 Å². The second-order valence-electron chi connectivity index (χ2n) is 7.01. The van der Waals surface area contributed by atoms with Crippen LogP contribution in [0.5, 0.6) is 0 Å². The van der Waals surface area contributed by atoms with Crippen LogP contribution >= 0.6 is 0 Å². The molecule has 0 bridgehead atoms. The Morgan fingerprint density at radius 2 is 1.71 bits per heavy atom. The third-order valence-corrected chi connectivity index (χ3v) is 5.08. The van der Waals surface area contributed by atoms with Gasteiger partial charge in [0.15, 0.2) is 5.78 Å². The quantitative estimate of drug-likeness (QED) is 0.661. The second-order valence-corrected chi connectivity index (χ2v) is 8.76. The lowest BCUT2D eigenvalue weighted by Gasteiger charge is -2.15. The molecule has 0 aliphatic heterocycles. The SMILES string of the molecule is Cc1ccc(C(=O)CCC(=O)NC(C)c2cccc(NS(C)(=O)=O)c2)cc1C. The Labute approximate surface area is 166 Å². The average molecular weight is 403 g/mol. The molecule has 2 rings (SSSR count). The van der Waals surface area contributed by atoms with Crippen LogP contribution in [0.4, 0.5) is 5.69 Å². The highest BCUT2D eigenvalue weighted by molar-refractivity contribution is 7.92. The lowest BCUT2D eigenvalue weighted by molar-refractivity contribution is -0.121. The predicted octanol–water partition coefficient (Wildman–Crippen LogP) is 3.52. The van der Waals surface area contributed by atoms with Crippen molar-refractivity contribution in [3.63, 3.8) is 0 Å². The number of sulfonamides is 1. The maximum absolute atomic E-state index is 12.3. The molecule has 1 unspecified atom stereocenters. The summed E-state index contributed by atoms with van der Waals surface area (Å²) in [4.78, 5) is 24.5. The van der Waals surface area contributed by atoms with Crippen LogP contribution in [0.25, 0.3) is 0 Å².